The Morgan fingerprint density at radius 3 is 2.44 bits per heavy atom. The molecule has 148 valence electrons. The molecule has 0 aliphatic rings. The van der Waals surface area contributed by atoms with Crippen LogP contribution in [0.5, 0.6) is 0 Å². The highest BCUT2D eigenvalue weighted by Gasteiger charge is 2.11. The number of halogens is 2. The van der Waals surface area contributed by atoms with Crippen LogP contribution in [0.3, 0.4) is 0 Å². The zero-order chi connectivity index (χ0) is 18.9. The van der Waals surface area contributed by atoms with Crippen molar-refractivity contribution in [2.75, 3.05) is 27.2 Å². The van der Waals surface area contributed by atoms with E-state index in [-0.39, 0.29) is 29.9 Å². The summed E-state index contributed by atoms with van der Waals surface area (Å²) in [5.74, 6) is 1.02. The average molecular weight is 549 g/mol. The summed E-state index contributed by atoms with van der Waals surface area (Å²) in [6.07, 6.45) is 2.31. The van der Waals surface area contributed by atoms with Gasteiger partial charge in [-0.1, -0.05) is 28.1 Å². The molecule has 0 unspecified atom stereocenters. The maximum absolute atomic E-state index is 12.0. The van der Waals surface area contributed by atoms with Gasteiger partial charge in [0.25, 0.3) is 5.91 Å². The average Bonchev–Trinajstić information content (AvgIpc) is 3.06. The fraction of sp³-hybridized carbons (Fsp3) is 0.368. The molecule has 0 fully saturated rings. The van der Waals surface area contributed by atoms with E-state index < -0.39 is 0 Å². The fourth-order valence-electron chi connectivity index (χ4n) is 2.50. The van der Waals surface area contributed by atoms with Gasteiger partial charge in [-0.2, -0.15) is 0 Å². The van der Waals surface area contributed by atoms with Crippen LogP contribution in [0.2, 0.25) is 0 Å². The number of benzene rings is 1. The van der Waals surface area contributed by atoms with Crippen LogP contribution in [0, 0.1) is 6.92 Å². The summed E-state index contributed by atoms with van der Waals surface area (Å²) < 4.78 is 6.25. The first kappa shape index (κ1) is 23.5. The van der Waals surface area contributed by atoms with E-state index in [2.05, 4.69) is 48.6 Å². The molecular formula is C19H26BrIN4O2. The molecule has 1 aromatic heterocycles. The van der Waals surface area contributed by atoms with Gasteiger partial charge < -0.3 is 20.0 Å². The highest BCUT2D eigenvalue weighted by atomic mass is 127. The normalized spacial score (nSPS) is 10.9. The van der Waals surface area contributed by atoms with Gasteiger partial charge in [-0.3, -0.25) is 9.79 Å². The largest absolute Gasteiger partial charge is 0.459 e. The van der Waals surface area contributed by atoms with Gasteiger partial charge in [0, 0.05) is 43.8 Å². The Kier molecular flexibility index (Phi) is 10.5. The van der Waals surface area contributed by atoms with Gasteiger partial charge in [-0.25, -0.2) is 0 Å². The molecule has 0 aliphatic heterocycles. The third-order valence-electron chi connectivity index (χ3n) is 3.90. The first-order valence-electron chi connectivity index (χ1n) is 8.49. The van der Waals surface area contributed by atoms with Gasteiger partial charge in [-0.05, 0) is 37.1 Å². The van der Waals surface area contributed by atoms with Gasteiger partial charge >= 0.3 is 0 Å². The Bertz CT molecular complexity index is 746. The first-order chi connectivity index (χ1) is 12.5. The molecule has 6 nitrogen and oxygen atoms in total. The van der Waals surface area contributed by atoms with Gasteiger partial charge in [0.2, 0.25) is 0 Å². The van der Waals surface area contributed by atoms with Crippen LogP contribution in [0.15, 0.2) is 50.5 Å². The summed E-state index contributed by atoms with van der Waals surface area (Å²) >= 11 is 3.44. The lowest BCUT2D eigenvalue weighted by atomic mass is 10.2. The van der Waals surface area contributed by atoms with Crippen molar-refractivity contribution in [2.45, 2.75) is 19.9 Å². The minimum absolute atomic E-state index is 0. The number of furan rings is 1. The van der Waals surface area contributed by atoms with E-state index >= 15 is 0 Å². The Morgan fingerprint density at radius 1 is 1.19 bits per heavy atom. The molecule has 8 heteroatoms. The minimum Gasteiger partial charge on any atom is -0.459 e. The van der Waals surface area contributed by atoms with E-state index in [1.807, 2.05) is 26.1 Å². The van der Waals surface area contributed by atoms with Gasteiger partial charge in [-0.15, -0.1) is 24.0 Å². The number of guanidine groups is 1. The predicted molar refractivity (Wildman–Crippen MR) is 123 cm³/mol. The minimum atomic E-state index is -0.177. The Labute approximate surface area is 185 Å². The van der Waals surface area contributed by atoms with Crippen LogP contribution >= 0.6 is 39.9 Å². The van der Waals surface area contributed by atoms with Gasteiger partial charge in [0.1, 0.15) is 0 Å². The lowest BCUT2D eigenvalue weighted by molar-refractivity contribution is 0.0925. The van der Waals surface area contributed by atoms with Crippen LogP contribution < -0.4 is 10.6 Å². The van der Waals surface area contributed by atoms with E-state index in [1.165, 1.54) is 11.8 Å². The van der Waals surface area contributed by atoms with Crippen molar-refractivity contribution in [1.29, 1.82) is 0 Å². The lowest BCUT2D eigenvalue weighted by Crippen LogP contribution is -2.39. The van der Waals surface area contributed by atoms with Crippen molar-refractivity contribution in [3.63, 3.8) is 0 Å². The number of rotatable bonds is 7. The highest BCUT2D eigenvalue weighted by molar-refractivity contribution is 14.0. The second kappa shape index (κ2) is 12.0. The number of aliphatic imine (C=N–C) groups is 1. The summed E-state index contributed by atoms with van der Waals surface area (Å²) in [6, 6.07) is 10.0. The SMILES string of the molecule is CN=C(NCCCNC(=O)c1occc1C)N(C)Cc1ccc(Br)cc1.I. The Hall–Kier alpha value is -1.55. The molecule has 27 heavy (non-hydrogen) atoms. The van der Waals surface area contributed by atoms with Crippen LogP contribution in [0.25, 0.3) is 0 Å². The van der Waals surface area contributed by atoms with E-state index in [0.717, 1.165) is 35.5 Å². The lowest BCUT2D eigenvalue weighted by Gasteiger charge is -2.22. The predicted octanol–water partition coefficient (Wildman–Crippen LogP) is 3.80. The molecule has 0 radical (unpaired) electrons. The second-order valence-electron chi connectivity index (χ2n) is 6.00. The zero-order valence-corrected chi connectivity index (χ0v) is 19.7. The van der Waals surface area contributed by atoms with Crippen molar-refractivity contribution in [2.24, 2.45) is 4.99 Å². The topological polar surface area (TPSA) is 69.9 Å². The van der Waals surface area contributed by atoms with Crippen molar-refractivity contribution >= 4 is 51.8 Å². The molecule has 0 aliphatic carbocycles. The molecule has 0 atom stereocenters. The third-order valence-corrected chi connectivity index (χ3v) is 4.43. The monoisotopic (exact) mass is 548 g/mol. The maximum Gasteiger partial charge on any atom is 0.287 e. The molecular weight excluding hydrogens is 523 g/mol. The number of aryl methyl sites for hydroxylation is 1. The fourth-order valence-corrected chi connectivity index (χ4v) is 2.76. The van der Waals surface area contributed by atoms with Gasteiger partial charge in [0.15, 0.2) is 11.7 Å². The number of nitrogens with zero attached hydrogens (tertiary/aromatic N) is 2. The van der Waals surface area contributed by atoms with Crippen LogP contribution in [-0.2, 0) is 6.54 Å². The van der Waals surface area contributed by atoms with Crippen LogP contribution in [0.1, 0.15) is 28.1 Å². The summed E-state index contributed by atoms with van der Waals surface area (Å²) in [5, 5.41) is 6.17. The maximum atomic E-state index is 12.0. The number of amides is 1. The van der Waals surface area contributed by atoms with E-state index in [4.69, 9.17) is 4.42 Å². The van der Waals surface area contributed by atoms with Crippen LogP contribution in [0.4, 0.5) is 0 Å². The van der Waals surface area contributed by atoms with Crippen molar-refractivity contribution in [3.05, 3.63) is 58.0 Å². The van der Waals surface area contributed by atoms with Crippen LogP contribution in [-0.4, -0.2) is 44.0 Å². The first-order valence-corrected chi connectivity index (χ1v) is 9.29. The smallest absolute Gasteiger partial charge is 0.287 e. The Balaban J connectivity index is 0.00000364. The van der Waals surface area contributed by atoms with Crippen molar-refractivity contribution in [1.82, 2.24) is 15.5 Å². The highest BCUT2D eigenvalue weighted by Crippen LogP contribution is 2.12. The number of nitrogens with one attached hydrogen (secondary N) is 2. The molecule has 2 rings (SSSR count). The zero-order valence-electron chi connectivity index (χ0n) is 15.8. The molecule has 0 spiro atoms. The second-order valence-corrected chi connectivity index (χ2v) is 6.91. The molecule has 1 aromatic carbocycles. The molecule has 1 amide bonds. The summed E-state index contributed by atoms with van der Waals surface area (Å²) in [5.41, 5.74) is 2.05. The Morgan fingerprint density at radius 2 is 1.85 bits per heavy atom. The molecule has 0 bridgehead atoms. The molecule has 0 saturated carbocycles. The third kappa shape index (κ3) is 7.53. The number of carbonyl (C=O) groups is 1. The summed E-state index contributed by atoms with van der Waals surface area (Å²) in [4.78, 5) is 18.3. The summed E-state index contributed by atoms with van der Waals surface area (Å²) in [7, 11) is 3.76. The molecule has 1 heterocycles. The van der Waals surface area contributed by atoms with E-state index in [1.54, 1.807) is 13.1 Å². The number of carbonyl (C=O) groups excluding carboxylic acids is 1. The standard InChI is InChI=1S/C19H25BrN4O2.HI/c1-14-9-12-26-17(14)18(25)22-10-4-11-23-19(21-2)24(3)13-15-5-7-16(20)8-6-15;/h5-9,12H,4,10-11,13H2,1-3H3,(H,21,23)(H,22,25);1H. The van der Waals surface area contributed by atoms with Crippen molar-refractivity contribution in [3.8, 4) is 0 Å². The van der Waals surface area contributed by atoms with E-state index in [9.17, 15) is 4.79 Å². The molecule has 0 saturated heterocycles. The van der Waals surface area contributed by atoms with Gasteiger partial charge in [0.05, 0.1) is 6.26 Å². The molecule has 2 N–H and O–H groups in total. The van der Waals surface area contributed by atoms with Crippen molar-refractivity contribution < 1.29 is 9.21 Å². The molecule has 2 aromatic rings. The van der Waals surface area contributed by atoms with E-state index in [0.29, 0.717) is 12.3 Å². The number of hydrogen-bond acceptors (Lipinski definition) is 3. The quantitative estimate of drug-likeness (QED) is 0.239. The summed E-state index contributed by atoms with van der Waals surface area (Å²) in [6.45, 7) is 3.90. The number of hydrogen-bond donors (Lipinski definition) is 2.